The van der Waals surface area contributed by atoms with E-state index in [4.69, 9.17) is 18.9 Å². The standard InChI is InChI=1S/C68H131NO13/c1-3-5-7-9-11-13-15-17-19-21-22-23-24-25-26-27-28-29-30-31-32-33-34-36-37-39-41-43-45-47-49-51-57(72)56(69-60(73)52-50-48-46-44-42-40-38-35-20-18-16-14-12-10-8-6-4-2)55-79-67-65(78)63(76)66(59(54-71)81-67)82-68-64(77)62(75)61(74)58(53-70)80-68/h18,20,56-59,61-68,70-72,74-78H,3-17,19,21-55H2,1-2H3,(H,69,73)/b20-18-. The third-order valence-electron chi connectivity index (χ3n) is 17.5. The Hall–Kier alpha value is -1.27. The first-order valence-electron chi connectivity index (χ1n) is 34.9. The number of allylic oxidation sites excluding steroid dienone is 2. The molecular formula is C68H131NO13. The highest BCUT2D eigenvalue weighted by molar-refractivity contribution is 5.76. The fourth-order valence-corrected chi connectivity index (χ4v) is 11.9. The van der Waals surface area contributed by atoms with Crippen LogP contribution in [0.25, 0.3) is 0 Å². The molecule has 0 bridgehead atoms. The number of amides is 1. The van der Waals surface area contributed by atoms with Gasteiger partial charge in [-0.05, 0) is 38.5 Å². The molecule has 12 unspecified atom stereocenters. The Labute approximate surface area is 501 Å². The van der Waals surface area contributed by atoms with Gasteiger partial charge in [-0.2, -0.15) is 0 Å². The van der Waals surface area contributed by atoms with Crippen molar-refractivity contribution in [3.63, 3.8) is 0 Å². The molecule has 486 valence electrons. The van der Waals surface area contributed by atoms with E-state index in [0.29, 0.717) is 12.8 Å². The van der Waals surface area contributed by atoms with E-state index >= 15 is 0 Å². The maximum Gasteiger partial charge on any atom is 0.220 e. The van der Waals surface area contributed by atoms with E-state index in [1.165, 1.54) is 238 Å². The Morgan fingerprint density at radius 1 is 0.427 bits per heavy atom. The number of unbranched alkanes of at least 4 members (excludes halogenated alkanes) is 43. The van der Waals surface area contributed by atoms with E-state index in [1.807, 2.05) is 0 Å². The summed E-state index contributed by atoms with van der Waals surface area (Å²) in [5.41, 5.74) is 0. The Balaban J connectivity index is 1.64. The quantitative estimate of drug-likeness (QED) is 0.0204. The fraction of sp³-hybridized carbons (Fsp3) is 0.956. The third kappa shape index (κ3) is 38.1. The Bertz CT molecular complexity index is 1420. The van der Waals surface area contributed by atoms with Crippen molar-refractivity contribution in [2.24, 2.45) is 0 Å². The van der Waals surface area contributed by atoms with Crippen LogP contribution < -0.4 is 5.32 Å². The summed E-state index contributed by atoms with van der Waals surface area (Å²) in [5, 5.41) is 87.5. The van der Waals surface area contributed by atoms with Crippen molar-refractivity contribution in [2.45, 2.75) is 396 Å². The first kappa shape index (κ1) is 76.8. The summed E-state index contributed by atoms with van der Waals surface area (Å²) in [6, 6.07) is -0.829. The van der Waals surface area contributed by atoms with Crippen LogP contribution in [0, 0.1) is 0 Å². The molecule has 0 spiro atoms. The normalized spacial score (nSPS) is 23.9. The molecule has 0 radical (unpaired) electrons. The van der Waals surface area contributed by atoms with Gasteiger partial charge in [-0.25, -0.2) is 0 Å². The lowest BCUT2D eigenvalue weighted by molar-refractivity contribution is -0.359. The number of aliphatic hydroxyl groups is 8. The summed E-state index contributed by atoms with van der Waals surface area (Å²) in [6.07, 6.45) is 48.1. The van der Waals surface area contributed by atoms with E-state index in [1.54, 1.807) is 0 Å². The lowest BCUT2D eigenvalue weighted by Gasteiger charge is -2.46. The van der Waals surface area contributed by atoms with Crippen LogP contribution in [0.5, 0.6) is 0 Å². The first-order chi connectivity index (χ1) is 40.1. The first-order valence-corrected chi connectivity index (χ1v) is 34.9. The van der Waals surface area contributed by atoms with Crippen molar-refractivity contribution in [3.8, 4) is 0 Å². The average Bonchev–Trinajstić information content (AvgIpc) is 3.49. The second-order valence-electron chi connectivity index (χ2n) is 25.0. The summed E-state index contributed by atoms with van der Waals surface area (Å²) in [5.74, 6) is -0.206. The molecule has 2 rings (SSSR count). The molecule has 1 amide bonds. The Morgan fingerprint density at radius 3 is 1.16 bits per heavy atom. The molecule has 14 nitrogen and oxygen atoms in total. The molecule has 0 aromatic carbocycles. The number of carbonyl (C=O) groups excluding carboxylic acids is 1. The van der Waals surface area contributed by atoms with Crippen LogP contribution in [-0.4, -0.2) is 140 Å². The molecule has 2 fully saturated rings. The molecule has 82 heavy (non-hydrogen) atoms. The van der Waals surface area contributed by atoms with Gasteiger partial charge in [0.1, 0.15) is 48.8 Å². The van der Waals surface area contributed by atoms with E-state index < -0.39 is 86.8 Å². The van der Waals surface area contributed by atoms with Gasteiger partial charge in [-0.15, -0.1) is 0 Å². The lowest BCUT2D eigenvalue weighted by atomic mass is 9.97. The summed E-state index contributed by atoms with van der Waals surface area (Å²) in [6.45, 7) is 2.90. The third-order valence-corrected chi connectivity index (χ3v) is 17.5. The molecule has 2 saturated heterocycles. The molecular weight excluding hydrogens is 1040 g/mol. The number of rotatable bonds is 58. The van der Waals surface area contributed by atoms with Gasteiger partial charge in [0.15, 0.2) is 12.6 Å². The van der Waals surface area contributed by atoms with E-state index in [2.05, 4.69) is 31.3 Å². The number of aliphatic hydroxyl groups excluding tert-OH is 8. The van der Waals surface area contributed by atoms with Gasteiger partial charge in [0.05, 0.1) is 32.0 Å². The van der Waals surface area contributed by atoms with Gasteiger partial charge >= 0.3 is 0 Å². The van der Waals surface area contributed by atoms with Crippen LogP contribution in [0.4, 0.5) is 0 Å². The second kappa shape index (κ2) is 53.9. The summed E-state index contributed by atoms with van der Waals surface area (Å²) in [7, 11) is 0. The minimum Gasteiger partial charge on any atom is -0.394 e. The maximum absolute atomic E-state index is 13.3. The maximum atomic E-state index is 13.3. The van der Waals surface area contributed by atoms with Crippen molar-refractivity contribution < 1.29 is 64.6 Å². The van der Waals surface area contributed by atoms with Crippen LogP contribution in [0.2, 0.25) is 0 Å². The minimum absolute atomic E-state index is 0.206. The number of ether oxygens (including phenoxy) is 4. The van der Waals surface area contributed by atoms with Crippen LogP contribution >= 0.6 is 0 Å². The molecule has 2 aliphatic heterocycles. The van der Waals surface area contributed by atoms with Gasteiger partial charge < -0.3 is 65.1 Å². The smallest absolute Gasteiger partial charge is 0.220 e. The zero-order valence-electron chi connectivity index (χ0n) is 52.8. The van der Waals surface area contributed by atoms with Crippen molar-refractivity contribution in [2.75, 3.05) is 19.8 Å². The van der Waals surface area contributed by atoms with Crippen LogP contribution in [0.1, 0.15) is 322 Å². The highest BCUT2D eigenvalue weighted by Gasteiger charge is 2.51. The number of hydrogen-bond acceptors (Lipinski definition) is 13. The van der Waals surface area contributed by atoms with Gasteiger partial charge in [0.2, 0.25) is 5.91 Å². The predicted molar refractivity (Wildman–Crippen MR) is 332 cm³/mol. The summed E-state index contributed by atoms with van der Waals surface area (Å²) >= 11 is 0. The van der Waals surface area contributed by atoms with Gasteiger partial charge in [0.25, 0.3) is 0 Å². The van der Waals surface area contributed by atoms with E-state index in [-0.39, 0.29) is 12.5 Å². The molecule has 14 heteroatoms. The fourth-order valence-electron chi connectivity index (χ4n) is 11.9. The predicted octanol–water partition coefficient (Wildman–Crippen LogP) is 13.8. The molecule has 2 aliphatic rings. The average molecular weight is 1170 g/mol. The number of hydrogen-bond donors (Lipinski definition) is 9. The minimum atomic E-state index is -1.78. The van der Waals surface area contributed by atoms with Crippen molar-refractivity contribution in [1.82, 2.24) is 5.32 Å². The molecule has 9 N–H and O–H groups in total. The summed E-state index contributed by atoms with van der Waals surface area (Å²) in [4.78, 5) is 13.3. The molecule has 0 aromatic heterocycles. The topological polar surface area (TPSA) is 228 Å². The Morgan fingerprint density at radius 2 is 0.768 bits per heavy atom. The van der Waals surface area contributed by atoms with Crippen molar-refractivity contribution in [3.05, 3.63) is 12.2 Å². The molecule has 0 aliphatic carbocycles. The van der Waals surface area contributed by atoms with Gasteiger partial charge in [-0.1, -0.05) is 289 Å². The Kier molecular flexibility index (Phi) is 50.5. The van der Waals surface area contributed by atoms with E-state index in [0.717, 1.165) is 57.8 Å². The van der Waals surface area contributed by atoms with Crippen molar-refractivity contribution >= 4 is 5.91 Å². The SMILES string of the molecule is CCCCCCCC/C=C\CCCCCCCCCC(=O)NC(COC1OC(CO)C(OC2OC(CO)C(O)C(O)C2O)C(O)C1O)C(O)CCCCCCCCCCCCCCCCCCCCCCCCCCCCCCCCC. The zero-order chi connectivity index (χ0) is 59.5. The van der Waals surface area contributed by atoms with Gasteiger partial charge in [-0.3, -0.25) is 4.79 Å². The lowest BCUT2D eigenvalue weighted by Crippen LogP contribution is -2.65. The largest absolute Gasteiger partial charge is 0.394 e. The van der Waals surface area contributed by atoms with Gasteiger partial charge in [0, 0.05) is 6.42 Å². The highest BCUT2D eigenvalue weighted by Crippen LogP contribution is 2.30. The van der Waals surface area contributed by atoms with Crippen molar-refractivity contribution in [1.29, 1.82) is 0 Å². The summed E-state index contributed by atoms with van der Waals surface area (Å²) < 4.78 is 22.9. The molecule has 0 saturated carbocycles. The number of carbonyl (C=O) groups is 1. The molecule has 2 heterocycles. The second-order valence-corrected chi connectivity index (χ2v) is 25.0. The van der Waals surface area contributed by atoms with Crippen LogP contribution in [0.15, 0.2) is 12.2 Å². The van der Waals surface area contributed by atoms with Crippen LogP contribution in [0.3, 0.4) is 0 Å². The van der Waals surface area contributed by atoms with E-state index in [9.17, 15) is 45.6 Å². The van der Waals surface area contributed by atoms with Crippen LogP contribution in [-0.2, 0) is 23.7 Å². The molecule has 0 aromatic rings. The highest BCUT2D eigenvalue weighted by atomic mass is 16.7. The monoisotopic (exact) mass is 1170 g/mol. The zero-order valence-corrected chi connectivity index (χ0v) is 52.8. The number of nitrogens with one attached hydrogen (secondary N) is 1. The molecule has 12 atom stereocenters.